The second-order valence-corrected chi connectivity index (χ2v) is 6.11. The van der Waals surface area contributed by atoms with Crippen LogP contribution in [-0.2, 0) is 17.8 Å². The minimum atomic E-state index is -0.382. The topological polar surface area (TPSA) is 71.8 Å². The lowest BCUT2D eigenvalue weighted by atomic mass is 10.1. The molecule has 26 heavy (non-hydrogen) atoms. The first-order valence-electron chi connectivity index (χ1n) is 8.73. The number of aromatic nitrogens is 3. The maximum absolute atomic E-state index is 12.5. The normalized spacial score (nSPS) is 11.8. The molecular formula is C20H23N5O. The number of anilines is 2. The molecule has 3 aromatic rings. The van der Waals surface area contributed by atoms with Crippen LogP contribution < -0.4 is 10.6 Å². The number of nitrogens with zero attached hydrogens (tertiary/aromatic N) is 3. The number of hydrogen-bond acceptors (Lipinski definition) is 4. The van der Waals surface area contributed by atoms with Gasteiger partial charge in [0.1, 0.15) is 6.04 Å². The molecule has 2 N–H and O–H groups in total. The van der Waals surface area contributed by atoms with E-state index >= 15 is 0 Å². The number of para-hydroxylation sites is 1. The molecule has 0 radical (unpaired) electrons. The van der Waals surface area contributed by atoms with Crippen molar-refractivity contribution in [1.29, 1.82) is 0 Å². The lowest BCUT2D eigenvalue weighted by Crippen LogP contribution is -2.32. The SMILES string of the molecule is CCc1ccccc1NC(=O)[C@@H](C)Nc1cnn(Cc2ccccn2)c1. The van der Waals surface area contributed by atoms with Gasteiger partial charge in [-0.2, -0.15) is 5.10 Å². The van der Waals surface area contributed by atoms with Gasteiger partial charge in [-0.15, -0.1) is 0 Å². The van der Waals surface area contributed by atoms with Gasteiger partial charge in [0.05, 0.1) is 24.1 Å². The second-order valence-electron chi connectivity index (χ2n) is 6.11. The largest absolute Gasteiger partial charge is 0.371 e. The van der Waals surface area contributed by atoms with Crippen molar-refractivity contribution in [2.75, 3.05) is 10.6 Å². The first-order chi connectivity index (χ1) is 12.7. The summed E-state index contributed by atoms with van der Waals surface area (Å²) < 4.78 is 1.79. The highest BCUT2D eigenvalue weighted by Gasteiger charge is 2.15. The maximum atomic E-state index is 12.5. The van der Waals surface area contributed by atoms with E-state index in [1.807, 2.05) is 55.6 Å². The molecule has 0 saturated carbocycles. The molecule has 1 amide bonds. The van der Waals surface area contributed by atoms with Gasteiger partial charge in [0, 0.05) is 18.1 Å². The standard InChI is InChI=1S/C20H23N5O/c1-3-16-8-4-5-10-19(16)24-20(26)15(2)23-18-12-22-25(14-18)13-17-9-6-7-11-21-17/h4-12,14-15,23H,3,13H2,1-2H3,(H,24,26)/t15-/m1/s1. The Kier molecular flexibility index (Phi) is 5.63. The molecule has 6 nitrogen and oxygen atoms in total. The Morgan fingerprint density at radius 1 is 1.19 bits per heavy atom. The Morgan fingerprint density at radius 2 is 2.00 bits per heavy atom. The summed E-state index contributed by atoms with van der Waals surface area (Å²) in [4.78, 5) is 16.8. The Hall–Kier alpha value is -3.15. The minimum absolute atomic E-state index is 0.0802. The molecule has 1 aromatic carbocycles. The molecule has 2 aromatic heterocycles. The zero-order chi connectivity index (χ0) is 18.4. The molecule has 0 fully saturated rings. The van der Waals surface area contributed by atoms with Crippen LogP contribution in [0.1, 0.15) is 25.1 Å². The fourth-order valence-electron chi connectivity index (χ4n) is 2.69. The van der Waals surface area contributed by atoms with Gasteiger partial charge in [0.2, 0.25) is 5.91 Å². The lowest BCUT2D eigenvalue weighted by Gasteiger charge is -2.15. The van der Waals surface area contributed by atoms with Crippen LogP contribution in [0.15, 0.2) is 61.1 Å². The van der Waals surface area contributed by atoms with E-state index in [4.69, 9.17) is 0 Å². The molecule has 3 rings (SSSR count). The summed E-state index contributed by atoms with van der Waals surface area (Å²) in [6.07, 6.45) is 6.22. The average Bonchev–Trinajstić information content (AvgIpc) is 3.09. The predicted molar refractivity (Wildman–Crippen MR) is 103 cm³/mol. The summed E-state index contributed by atoms with van der Waals surface area (Å²) in [5.74, 6) is -0.0802. The van der Waals surface area contributed by atoms with E-state index in [9.17, 15) is 4.79 Å². The van der Waals surface area contributed by atoms with Gasteiger partial charge >= 0.3 is 0 Å². The lowest BCUT2D eigenvalue weighted by molar-refractivity contribution is -0.116. The molecule has 0 spiro atoms. The van der Waals surface area contributed by atoms with E-state index < -0.39 is 0 Å². The molecule has 0 saturated heterocycles. The average molecular weight is 349 g/mol. The third-order valence-corrected chi connectivity index (χ3v) is 4.12. The van der Waals surface area contributed by atoms with Crippen LogP contribution in [0.4, 0.5) is 11.4 Å². The van der Waals surface area contributed by atoms with Crippen LogP contribution in [0.25, 0.3) is 0 Å². The highest BCUT2D eigenvalue weighted by Crippen LogP contribution is 2.16. The molecule has 0 aliphatic heterocycles. The van der Waals surface area contributed by atoms with Crippen molar-refractivity contribution in [1.82, 2.24) is 14.8 Å². The van der Waals surface area contributed by atoms with Crippen molar-refractivity contribution in [3.63, 3.8) is 0 Å². The highest BCUT2D eigenvalue weighted by molar-refractivity contribution is 5.96. The van der Waals surface area contributed by atoms with Crippen LogP contribution >= 0.6 is 0 Å². The first-order valence-corrected chi connectivity index (χ1v) is 8.73. The van der Waals surface area contributed by atoms with Gasteiger partial charge in [-0.25, -0.2) is 0 Å². The molecular weight excluding hydrogens is 326 g/mol. The van der Waals surface area contributed by atoms with Crippen LogP contribution in [-0.4, -0.2) is 26.7 Å². The molecule has 2 heterocycles. The molecule has 0 aliphatic carbocycles. The highest BCUT2D eigenvalue weighted by atomic mass is 16.2. The molecule has 134 valence electrons. The summed E-state index contributed by atoms with van der Waals surface area (Å²) in [6.45, 7) is 4.50. The quantitative estimate of drug-likeness (QED) is 0.686. The molecule has 0 bridgehead atoms. The van der Waals surface area contributed by atoms with Crippen molar-refractivity contribution < 1.29 is 4.79 Å². The molecule has 0 aliphatic rings. The summed E-state index contributed by atoms with van der Waals surface area (Å²) in [5.41, 5.74) is 3.71. The number of aryl methyl sites for hydroxylation is 1. The zero-order valence-corrected chi connectivity index (χ0v) is 15.0. The Labute approximate surface area is 153 Å². The first kappa shape index (κ1) is 17.7. The third-order valence-electron chi connectivity index (χ3n) is 4.12. The fourth-order valence-corrected chi connectivity index (χ4v) is 2.69. The predicted octanol–water partition coefficient (Wildman–Crippen LogP) is 3.33. The van der Waals surface area contributed by atoms with E-state index in [2.05, 4.69) is 27.6 Å². The Morgan fingerprint density at radius 3 is 2.77 bits per heavy atom. The number of carbonyl (C=O) groups is 1. The number of carbonyl (C=O) groups excluding carboxylic acids is 1. The summed E-state index contributed by atoms with van der Waals surface area (Å²) in [7, 11) is 0. The monoisotopic (exact) mass is 349 g/mol. The molecule has 1 atom stereocenters. The maximum Gasteiger partial charge on any atom is 0.246 e. The summed E-state index contributed by atoms with van der Waals surface area (Å²) >= 11 is 0. The number of rotatable bonds is 7. The van der Waals surface area contributed by atoms with Crippen molar-refractivity contribution in [2.45, 2.75) is 32.9 Å². The Balaban J connectivity index is 1.59. The third kappa shape index (κ3) is 4.47. The van der Waals surface area contributed by atoms with Crippen LogP contribution in [0.2, 0.25) is 0 Å². The van der Waals surface area contributed by atoms with Gasteiger partial charge in [0.15, 0.2) is 0 Å². The molecule has 6 heteroatoms. The van der Waals surface area contributed by atoms with Crippen molar-refractivity contribution >= 4 is 17.3 Å². The number of hydrogen-bond donors (Lipinski definition) is 2. The van der Waals surface area contributed by atoms with Crippen LogP contribution in [0.3, 0.4) is 0 Å². The van der Waals surface area contributed by atoms with Gasteiger partial charge in [-0.3, -0.25) is 14.5 Å². The van der Waals surface area contributed by atoms with E-state index in [0.717, 1.165) is 29.1 Å². The van der Waals surface area contributed by atoms with Gasteiger partial charge in [-0.05, 0) is 37.1 Å². The van der Waals surface area contributed by atoms with Gasteiger partial charge < -0.3 is 10.6 Å². The minimum Gasteiger partial charge on any atom is -0.371 e. The Bertz CT molecular complexity index is 859. The second kappa shape index (κ2) is 8.29. The van der Waals surface area contributed by atoms with E-state index in [1.165, 1.54) is 0 Å². The fraction of sp³-hybridized carbons (Fsp3) is 0.250. The summed E-state index contributed by atoms with van der Waals surface area (Å²) in [5, 5.41) is 10.5. The number of pyridine rings is 1. The van der Waals surface area contributed by atoms with E-state index in [1.54, 1.807) is 17.1 Å². The summed E-state index contributed by atoms with van der Waals surface area (Å²) in [6, 6.07) is 13.3. The molecule has 0 unspecified atom stereocenters. The van der Waals surface area contributed by atoms with Crippen LogP contribution in [0.5, 0.6) is 0 Å². The number of nitrogens with one attached hydrogen (secondary N) is 2. The number of benzene rings is 1. The van der Waals surface area contributed by atoms with Crippen molar-refractivity contribution in [3.05, 3.63) is 72.3 Å². The van der Waals surface area contributed by atoms with Crippen molar-refractivity contribution in [3.8, 4) is 0 Å². The van der Waals surface area contributed by atoms with E-state index in [-0.39, 0.29) is 11.9 Å². The van der Waals surface area contributed by atoms with Gasteiger partial charge in [-0.1, -0.05) is 31.2 Å². The zero-order valence-electron chi connectivity index (χ0n) is 15.0. The van der Waals surface area contributed by atoms with E-state index in [0.29, 0.717) is 6.54 Å². The van der Waals surface area contributed by atoms with Crippen LogP contribution in [0, 0.1) is 0 Å². The van der Waals surface area contributed by atoms with Gasteiger partial charge in [0.25, 0.3) is 0 Å². The smallest absolute Gasteiger partial charge is 0.246 e. The van der Waals surface area contributed by atoms with Crippen molar-refractivity contribution in [2.24, 2.45) is 0 Å². The number of amides is 1.